The van der Waals surface area contributed by atoms with Crippen molar-refractivity contribution in [1.29, 1.82) is 0 Å². The van der Waals surface area contributed by atoms with Crippen molar-refractivity contribution in [3.63, 3.8) is 0 Å². The van der Waals surface area contributed by atoms with Crippen LogP contribution in [0.15, 0.2) is 12.5 Å². The highest BCUT2D eigenvalue weighted by molar-refractivity contribution is 9.09. The molecule has 18 heavy (non-hydrogen) atoms. The van der Waals surface area contributed by atoms with Crippen molar-refractivity contribution < 1.29 is 0 Å². The molecule has 2 unspecified atom stereocenters. The van der Waals surface area contributed by atoms with Crippen molar-refractivity contribution in [3.8, 4) is 0 Å². The minimum atomic E-state index is 0.503. The first-order valence-electron chi connectivity index (χ1n) is 6.17. The lowest BCUT2D eigenvalue weighted by Crippen LogP contribution is -2.34. The number of hydrogen-bond acceptors (Lipinski definition) is 4. The molecule has 0 bridgehead atoms. The third kappa shape index (κ3) is 1.70. The van der Waals surface area contributed by atoms with Crippen LogP contribution in [0.1, 0.15) is 13.3 Å². The summed E-state index contributed by atoms with van der Waals surface area (Å²) in [5, 5.41) is 6.29. The Morgan fingerprint density at radius 1 is 1.44 bits per heavy atom. The summed E-state index contributed by atoms with van der Waals surface area (Å²) >= 11 is 3.62. The second kappa shape index (κ2) is 4.50. The Hall–Kier alpha value is -1.17. The molecule has 0 amide bonds. The molecule has 1 fully saturated rings. The normalized spacial score (nSPS) is 24.1. The third-order valence-electron chi connectivity index (χ3n) is 3.82. The first-order chi connectivity index (χ1) is 8.72. The van der Waals surface area contributed by atoms with Crippen LogP contribution in [-0.4, -0.2) is 37.7 Å². The second-order valence-electron chi connectivity index (χ2n) is 4.88. The number of nitrogens with zero attached hydrogens (tertiary/aromatic N) is 5. The van der Waals surface area contributed by atoms with Gasteiger partial charge < -0.3 is 4.90 Å². The molecule has 3 heterocycles. The fourth-order valence-electron chi connectivity index (χ4n) is 2.69. The summed E-state index contributed by atoms with van der Waals surface area (Å²) in [6.07, 6.45) is 4.70. The van der Waals surface area contributed by atoms with Gasteiger partial charge >= 0.3 is 0 Å². The molecule has 0 radical (unpaired) electrons. The summed E-state index contributed by atoms with van der Waals surface area (Å²) in [6.45, 7) is 3.35. The van der Waals surface area contributed by atoms with E-state index in [0.717, 1.165) is 28.7 Å². The number of fused-ring (bicyclic) bond motifs is 1. The van der Waals surface area contributed by atoms with Gasteiger partial charge in [0.1, 0.15) is 12.1 Å². The summed E-state index contributed by atoms with van der Waals surface area (Å²) in [5.41, 5.74) is 0.896. The molecule has 3 rings (SSSR count). The van der Waals surface area contributed by atoms with E-state index in [-0.39, 0.29) is 0 Å². The largest absolute Gasteiger partial charge is 0.352 e. The van der Waals surface area contributed by atoms with Crippen molar-refractivity contribution in [1.82, 2.24) is 19.7 Å². The molecule has 0 aromatic carbocycles. The van der Waals surface area contributed by atoms with Crippen LogP contribution in [0.4, 0.5) is 5.82 Å². The second-order valence-corrected chi connectivity index (χ2v) is 5.53. The van der Waals surface area contributed by atoms with E-state index in [4.69, 9.17) is 0 Å². The molecule has 1 saturated heterocycles. The van der Waals surface area contributed by atoms with Gasteiger partial charge in [-0.3, -0.25) is 4.68 Å². The Bertz CT molecular complexity index is 567. The molecule has 2 aromatic rings. The number of anilines is 1. The van der Waals surface area contributed by atoms with Crippen molar-refractivity contribution in [2.45, 2.75) is 19.4 Å². The minimum absolute atomic E-state index is 0.503. The van der Waals surface area contributed by atoms with E-state index in [1.54, 1.807) is 11.0 Å². The van der Waals surface area contributed by atoms with E-state index >= 15 is 0 Å². The molecule has 2 aromatic heterocycles. The lowest BCUT2D eigenvalue weighted by atomic mass is 10.1. The van der Waals surface area contributed by atoms with Gasteiger partial charge in [-0.25, -0.2) is 9.97 Å². The topological polar surface area (TPSA) is 46.8 Å². The quantitative estimate of drug-likeness (QED) is 0.796. The standard InChI is InChI=1S/C12H16BrN5/c1-8-3-4-18(10(8)5-13)12-9-6-16-17(2)11(9)14-7-15-12/h6-8,10H,3-5H2,1-2H3. The lowest BCUT2D eigenvalue weighted by Gasteiger charge is -2.26. The van der Waals surface area contributed by atoms with Gasteiger partial charge in [0, 0.05) is 25.0 Å². The molecule has 96 valence electrons. The highest BCUT2D eigenvalue weighted by Crippen LogP contribution is 2.32. The van der Waals surface area contributed by atoms with Crippen LogP contribution in [0.3, 0.4) is 0 Å². The summed E-state index contributed by atoms with van der Waals surface area (Å²) < 4.78 is 1.79. The molecule has 0 N–H and O–H groups in total. The summed E-state index contributed by atoms with van der Waals surface area (Å²) in [5.74, 6) is 1.70. The predicted molar refractivity (Wildman–Crippen MR) is 75.0 cm³/mol. The van der Waals surface area contributed by atoms with E-state index in [2.05, 4.69) is 42.8 Å². The number of alkyl halides is 1. The van der Waals surface area contributed by atoms with E-state index in [1.807, 2.05) is 13.2 Å². The van der Waals surface area contributed by atoms with Crippen LogP contribution in [0.5, 0.6) is 0 Å². The number of hydrogen-bond donors (Lipinski definition) is 0. The van der Waals surface area contributed by atoms with Gasteiger partial charge in [0.25, 0.3) is 0 Å². The Kier molecular flexibility index (Phi) is 2.97. The third-order valence-corrected chi connectivity index (χ3v) is 4.48. The fraction of sp³-hybridized carbons (Fsp3) is 0.583. The number of aryl methyl sites for hydroxylation is 1. The Balaban J connectivity index is 2.09. The minimum Gasteiger partial charge on any atom is -0.352 e. The molecular weight excluding hydrogens is 294 g/mol. The Morgan fingerprint density at radius 3 is 3.06 bits per heavy atom. The molecule has 1 aliphatic rings. The van der Waals surface area contributed by atoms with Gasteiger partial charge in [-0.1, -0.05) is 22.9 Å². The van der Waals surface area contributed by atoms with Crippen LogP contribution in [0, 0.1) is 5.92 Å². The molecule has 6 heteroatoms. The highest BCUT2D eigenvalue weighted by atomic mass is 79.9. The predicted octanol–water partition coefficient (Wildman–Crippen LogP) is 1.97. The first kappa shape index (κ1) is 11.9. The first-order valence-corrected chi connectivity index (χ1v) is 7.30. The fourth-order valence-corrected chi connectivity index (χ4v) is 3.67. The molecule has 0 saturated carbocycles. The van der Waals surface area contributed by atoms with Crippen LogP contribution in [0.2, 0.25) is 0 Å². The van der Waals surface area contributed by atoms with Gasteiger partial charge in [0.15, 0.2) is 5.65 Å². The average Bonchev–Trinajstić information content (AvgIpc) is 2.93. The molecule has 1 aliphatic heterocycles. The maximum absolute atomic E-state index is 4.48. The zero-order chi connectivity index (χ0) is 12.7. The summed E-state index contributed by atoms with van der Waals surface area (Å²) in [6, 6.07) is 0.503. The van der Waals surface area contributed by atoms with Crippen LogP contribution < -0.4 is 4.90 Å². The van der Waals surface area contributed by atoms with Gasteiger partial charge in [0.05, 0.1) is 11.6 Å². The molecule has 2 atom stereocenters. The van der Waals surface area contributed by atoms with Gasteiger partial charge in [-0.05, 0) is 12.3 Å². The van der Waals surface area contributed by atoms with Crippen LogP contribution in [-0.2, 0) is 7.05 Å². The monoisotopic (exact) mass is 309 g/mol. The number of aromatic nitrogens is 4. The Labute approximate surface area is 114 Å². The van der Waals surface area contributed by atoms with Gasteiger partial charge in [0.2, 0.25) is 0 Å². The molecule has 0 spiro atoms. The van der Waals surface area contributed by atoms with Crippen molar-refractivity contribution in [2.75, 3.05) is 16.8 Å². The van der Waals surface area contributed by atoms with E-state index in [9.17, 15) is 0 Å². The Morgan fingerprint density at radius 2 is 2.28 bits per heavy atom. The van der Waals surface area contributed by atoms with E-state index < -0.39 is 0 Å². The van der Waals surface area contributed by atoms with Gasteiger partial charge in [-0.15, -0.1) is 0 Å². The van der Waals surface area contributed by atoms with Gasteiger partial charge in [-0.2, -0.15) is 5.10 Å². The van der Waals surface area contributed by atoms with Crippen molar-refractivity contribution in [3.05, 3.63) is 12.5 Å². The highest BCUT2D eigenvalue weighted by Gasteiger charge is 2.32. The zero-order valence-corrected chi connectivity index (χ0v) is 12.1. The molecule has 5 nitrogen and oxygen atoms in total. The van der Waals surface area contributed by atoms with E-state index in [1.165, 1.54) is 6.42 Å². The van der Waals surface area contributed by atoms with E-state index in [0.29, 0.717) is 12.0 Å². The number of halogens is 1. The smallest absolute Gasteiger partial charge is 0.163 e. The summed E-state index contributed by atoms with van der Waals surface area (Å²) in [4.78, 5) is 11.1. The van der Waals surface area contributed by atoms with Crippen LogP contribution >= 0.6 is 15.9 Å². The van der Waals surface area contributed by atoms with Crippen LogP contribution in [0.25, 0.3) is 11.0 Å². The molecule has 0 aliphatic carbocycles. The maximum Gasteiger partial charge on any atom is 0.163 e. The maximum atomic E-state index is 4.48. The lowest BCUT2D eigenvalue weighted by molar-refractivity contribution is 0.553. The molecular formula is C12H16BrN5. The SMILES string of the molecule is CC1CCN(c2ncnc3c2cnn3C)C1CBr. The summed E-state index contributed by atoms with van der Waals surface area (Å²) in [7, 11) is 1.91. The van der Waals surface area contributed by atoms with Crippen molar-refractivity contribution in [2.24, 2.45) is 13.0 Å². The zero-order valence-electron chi connectivity index (χ0n) is 10.5. The average molecular weight is 310 g/mol. The number of rotatable bonds is 2. The van der Waals surface area contributed by atoms with Crippen molar-refractivity contribution >= 4 is 32.8 Å².